The molecule has 5 aromatic rings. The predicted molar refractivity (Wildman–Crippen MR) is 138 cm³/mol. The maximum Gasteiger partial charge on any atom is 0.330 e. The summed E-state index contributed by atoms with van der Waals surface area (Å²) in [6.07, 6.45) is 2.68. The highest BCUT2D eigenvalue weighted by Gasteiger charge is 2.21. The first-order valence-electron chi connectivity index (χ1n) is 11.2. The standard InChI is InChI=1S/C25H23BrN6O3/c1-13-14(2)29-20-11-23-21(10-19(20)28-13)30-24(25(34)32(23)35-15(3)33)18-12-31(8-4-7-27)22-6-5-16(26)9-17(18)22/h5-6,9-12H,4,7-8,27H2,1-3H3. The molecule has 5 rings (SSSR count). The third kappa shape index (κ3) is 4.08. The predicted octanol–water partition coefficient (Wildman–Crippen LogP) is 3.66. The molecule has 2 N–H and O–H groups in total. The van der Waals surface area contributed by atoms with Crippen molar-refractivity contribution >= 4 is 54.9 Å². The Morgan fingerprint density at radius 2 is 1.74 bits per heavy atom. The second-order valence-corrected chi connectivity index (χ2v) is 9.32. The molecule has 35 heavy (non-hydrogen) atoms. The van der Waals surface area contributed by atoms with E-state index in [0.717, 1.165) is 37.9 Å². The number of carbonyl (C=O) groups excluding carboxylic acids is 1. The highest BCUT2D eigenvalue weighted by Crippen LogP contribution is 2.32. The summed E-state index contributed by atoms with van der Waals surface area (Å²) >= 11 is 3.53. The number of hydrogen-bond acceptors (Lipinski definition) is 7. The van der Waals surface area contributed by atoms with Crippen molar-refractivity contribution in [2.45, 2.75) is 33.7 Å². The molecule has 3 heterocycles. The van der Waals surface area contributed by atoms with Gasteiger partial charge in [0.05, 0.1) is 27.9 Å². The number of rotatable bonds is 5. The fourth-order valence-corrected chi connectivity index (χ4v) is 4.54. The Balaban J connectivity index is 1.85. The minimum atomic E-state index is -0.620. The van der Waals surface area contributed by atoms with Crippen molar-refractivity contribution in [2.24, 2.45) is 5.73 Å². The van der Waals surface area contributed by atoms with Crippen LogP contribution in [-0.2, 0) is 11.3 Å². The van der Waals surface area contributed by atoms with E-state index >= 15 is 0 Å². The van der Waals surface area contributed by atoms with Crippen LogP contribution in [0.4, 0.5) is 0 Å². The van der Waals surface area contributed by atoms with E-state index < -0.39 is 11.5 Å². The second kappa shape index (κ2) is 8.86. The van der Waals surface area contributed by atoms with Gasteiger partial charge in [0, 0.05) is 40.6 Å². The van der Waals surface area contributed by atoms with Crippen molar-refractivity contribution in [3.8, 4) is 11.3 Å². The number of benzene rings is 2. The van der Waals surface area contributed by atoms with E-state index in [4.69, 9.17) is 15.6 Å². The highest BCUT2D eigenvalue weighted by atomic mass is 79.9. The Kier molecular flexibility index (Phi) is 5.86. The molecule has 0 amide bonds. The SMILES string of the molecule is CC(=O)On1c(=O)c(-c2cn(CCCN)c3ccc(Br)cc23)nc2cc3nc(C)c(C)nc3cc21. The van der Waals surface area contributed by atoms with Gasteiger partial charge in [0.1, 0.15) is 11.2 Å². The van der Waals surface area contributed by atoms with Crippen LogP contribution in [0.1, 0.15) is 24.7 Å². The molecule has 0 bridgehead atoms. The average molecular weight is 535 g/mol. The Morgan fingerprint density at radius 1 is 1.03 bits per heavy atom. The molecular weight excluding hydrogens is 512 g/mol. The molecule has 9 nitrogen and oxygen atoms in total. The Hall–Kier alpha value is -3.63. The van der Waals surface area contributed by atoms with E-state index in [9.17, 15) is 9.59 Å². The van der Waals surface area contributed by atoms with Gasteiger partial charge in [0.25, 0.3) is 0 Å². The van der Waals surface area contributed by atoms with Crippen molar-refractivity contribution < 1.29 is 9.63 Å². The van der Waals surface area contributed by atoms with Crippen LogP contribution in [0.15, 0.2) is 45.8 Å². The summed E-state index contributed by atoms with van der Waals surface area (Å²) in [5.41, 5.74) is 10.6. The van der Waals surface area contributed by atoms with Gasteiger partial charge in [-0.3, -0.25) is 4.79 Å². The highest BCUT2D eigenvalue weighted by molar-refractivity contribution is 9.10. The number of nitrogens with two attached hydrogens (primary N) is 1. The van der Waals surface area contributed by atoms with Crippen LogP contribution in [0.3, 0.4) is 0 Å². The van der Waals surface area contributed by atoms with E-state index in [1.54, 1.807) is 12.1 Å². The first kappa shape index (κ1) is 23.1. The minimum Gasteiger partial charge on any atom is -0.347 e. The van der Waals surface area contributed by atoms with Gasteiger partial charge < -0.3 is 15.1 Å². The van der Waals surface area contributed by atoms with Crippen molar-refractivity contribution in [3.05, 3.63) is 62.7 Å². The molecule has 0 saturated heterocycles. The molecular formula is C25H23BrN6O3. The lowest BCUT2D eigenvalue weighted by Crippen LogP contribution is -2.31. The van der Waals surface area contributed by atoms with Crippen molar-refractivity contribution in [2.75, 3.05) is 6.54 Å². The van der Waals surface area contributed by atoms with Gasteiger partial charge in [0.15, 0.2) is 0 Å². The van der Waals surface area contributed by atoms with Crippen molar-refractivity contribution in [1.82, 2.24) is 24.2 Å². The van der Waals surface area contributed by atoms with Gasteiger partial charge in [-0.05, 0) is 57.1 Å². The maximum atomic E-state index is 13.7. The number of fused-ring (bicyclic) bond motifs is 3. The molecule has 0 fully saturated rings. The fraction of sp³-hybridized carbons (Fsp3) is 0.240. The molecule has 0 aliphatic heterocycles. The molecule has 0 saturated carbocycles. The van der Waals surface area contributed by atoms with E-state index in [1.165, 1.54) is 6.92 Å². The first-order chi connectivity index (χ1) is 16.8. The first-order valence-corrected chi connectivity index (χ1v) is 12.0. The normalized spacial score (nSPS) is 11.6. The van der Waals surface area contributed by atoms with Crippen LogP contribution in [0, 0.1) is 13.8 Å². The van der Waals surface area contributed by atoms with E-state index in [-0.39, 0.29) is 5.69 Å². The average Bonchev–Trinajstić information content (AvgIpc) is 3.16. The molecule has 0 radical (unpaired) electrons. The molecule has 0 spiro atoms. The largest absolute Gasteiger partial charge is 0.347 e. The third-order valence-corrected chi connectivity index (χ3v) is 6.42. The van der Waals surface area contributed by atoms with Crippen LogP contribution in [-0.4, -0.2) is 36.8 Å². The Morgan fingerprint density at radius 3 is 2.43 bits per heavy atom. The van der Waals surface area contributed by atoms with E-state index in [1.807, 2.05) is 38.2 Å². The van der Waals surface area contributed by atoms with Crippen molar-refractivity contribution in [1.29, 1.82) is 0 Å². The topological polar surface area (TPSA) is 118 Å². The number of hydrogen-bond donors (Lipinski definition) is 1. The van der Waals surface area contributed by atoms with Crippen LogP contribution in [0.25, 0.3) is 44.2 Å². The van der Waals surface area contributed by atoms with Crippen LogP contribution >= 0.6 is 15.9 Å². The minimum absolute atomic E-state index is 0.171. The monoisotopic (exact) mass is 534 g/mol. The quantitative estimate of drug-likeness (QED) is 0.341. The fourth-order valence-electron chi connectivity index (χ4n) is 4.18. The second-order valence-electron chi connectivity index (χ2n) is 8.41. The summed E-state index contributed by atoms with van der Waals surface area (Å²) in [5.74, 6) is -0.620. The molecule has 0 atom stereocenters. The lowest BCUT2D eigenvalue weighted by atomic mass is 10.1. The lowest BCUT2D eigenvalue weighted by molar-refractivity contribution is -0.141. The molecule has 2 aromatic carbocycles. The van der Waals surface area contributed by atoms with Crippen LogP contribution < -0.4 is 16.1 Å². The zero-order valence-electron chi connectivity index (χ0n) is 19.5. The van der Waals surface area contributed by atoms with Crippen LogP contribution in [0.5, 0.6) is 0 Å². The Labute approximate surface area is 208 Å². The van der Waals surface area contributed by atoms with Gasteiger partial charge in [0.2, 0.25) is 0 Å². The summed E-state index contributed by atoms with van der Waals surface area (Å²) in [6.45, 7) is 6.25. The van der Waals surface area contributed by atoms with Crippen LogP contribution in [0.2, 0.25) is 0 Å². The van der Waals surface area contributed by atoms with Gasteiger partial charge in [-0.1, -0.05) is 15.9 Å². The maximum absolute atomic E-state index is 13.7. The third-order valence-electron chi connectivity index (χ3n) is 5.93. The number of aromatic nitrogens is 5. The molecule has 0 aliphatic rings. The molecule has 0 unspecified atom stereocenters. The summed E-state index contributed by atoms with van der Waals surface area (Å²) in [6, 6.07) is 9.32. The summed E-state index contributed by atoms with van der Waals surface area (Å²) in [7, 11) is 0. The molecule has 178 valence electrons. The zero-order chi connectivity index (χ0) is 24.9. The van der Waals surface area contributed by atoms with Gasteiger partial charge in [-0.15, -0.1) is 4.73 Å². The molecule has 0 aliphatic carbocycles. The number of carbonyl (C=O) groups is 1. The number of aryl methyl sites for hydroxylation is 3. The number of nitrogens with zero attached hydrogens (tertiary/aromatic N) is 5. The number of halogens is 1. The van der Waals surface area contributed by atoms with Gasteiger partial charge in [-0.2, -0.15) is 0 Å². The zero-order valence-corrected chi connectivity index (χ0v) is 21.1. The summed E-state index contributed by atoms with van der Waals surface area (Å²) in [5, 5.41) is 0.849. The summed E-state index contributed by atoms with van der Waals surface area (Å²) in [4.78, 5) is 44.9. The smallest absolute Gasteiger partial charge is 0.330 e. The molecule has 10 heteroatoms. The van der Waals surface area contributed by atoms with Gasteiger partial charge >= 0.3 is 11.5 Å². The van der Waals surface area contributed by atoms with E-state index in [2.05, 4.69) is 30.5 Å². The van der Waals surface area contributed by atoms with Gasteiger partial charge in [-0.25, -0.2) is 19.7 Å². The van der Waals surface area contributed by atoms with E-state index in [0.29, 0.717) is 40.7 Å². The van der Waals surface area contributed by atoms with Crippen molar-refractivity contribution in [3.63, 3.8) is 0 Å². The Bertz CT molecular complexity index is 1710. The molecule has 3 aromatic heterocycles. The lowest BCUT2D eigenvalue weighted by Gasteiger charge is -2.12. The summed E-state index contributed by atoms with van der Waals surface area (Å²) < 4.78 is 3.93.